The molecule has 1 amide bonds. The topological polar surface area (TPSA) is 51.5 Å². The number of carbonyl (C=O) groups excluding carboxylic acids is 2. The normalized spacial score (nSPS) is 15.9. The number of hydrogen-bond acceptors (Lipinski definition) is 5. The van der Waals surface area contributed by atoms with Crippen molar-refractivity contribution in [1.29, 1.82) is 0 Å². The molecule has 1 aliphatic rings. The fourth-order valence-electron chi connectivity index (χ4n) is 4.19. The van der Waals surface area contributed by atoms with Gasteiger partial charge in [-0.05, 0) is 41.8 Å². The summed E-state index contributed by atoms with van der Waals surface area (Å²) in [5.41, 5.74) is 2.14. The Balaban J connectivity index is 1.47. The van der Waals surface area contributed by atoms with Crippen LogP contribution < -0.4 is 0 Å². The highest BCUT2D eigenvalue weighted by Crippen LogP contribution is 2.28. The van der Waals surface area contributed by atoms with Gasteiger partial charge in [0, 0.05) is 23.6 Å². The summed E-state index contributed by atoms with van der Waals surface area (Å²) in [6.07, 6.45) is 2.06. The van der Waals surface area contributed by atoms with Crippen LogP contribution in [0.3, 0.4) is 0 Å². The first kappa shape index (κ1) is 21.1. The van der Waals surface area contributed by atoms with Crippen LogP contribution in [0.2, 0.25) is 0 Å². The van der Waals surface area contributed by atoms with Crippen molar-refractivity contribution in [3.63, 3.8) is 0 Å². The minimum Gasteiger partial charge on any atom is -0.376 e. The Morgan fingerprint density at radius 2 is 1.94 bits per heavy atom. The number of fused-ring (bicyclic) bond motifs is 1. The van der Waals surface area contributed by atoms with Crippen LogP contribution in [0.15, 0.2) is 65.4 Å². The number of hydrogen-bond donors (Lipinski definition) is 0. The highest BCUT2D eigenvalue weighted by molar-refractivity contribution is 7.17. The van der Waals surface area contributed by atoms with Crippen LogP contribution in [0.4, 0.5) is 0 Å². The standard InChI is InChI=1S/C25H24N2O3S2/c28-23(18-6-2-1-3-7-18)17-27-21-10-13-32-24(21)14-22(27)25(29)26(15-19-8-4-11-30-19)16-20-9-5-12-31-20/h1-3,5-7,9-10,12-14,19H,4,8,11,15-17H2/t19-/m1/s1. The minimum absolute atomic E-state index is 0.00715. The Hall–Kier alpha value is -2.74. The maximum absolute atomic E-state index is 13.8. The molecule has 7 heteroatoms. The molecule has 1 saturated heterocycles. The molecule has 3 aromatic heterocycles. The summed E-state index contributed by atoms with van der Waals surface area (Å²) in [6, 6.07) is 17.2. The molecule has 1 aliphatic heterocycles. The van der Waals surface area contributed by atoms with Gasteiger partial charge in [0.2, 0.25) is 0 Å². The fourth-order valence-corrected chi connectivity index (χ4v) is 5.73. The summed E-state index contributed by atoms with van der Waals surface area (Å²) in [6.45, 7) is 1.99. The van der Waals surface area contributed by atoms with Crippen LogP contribution in [0.1, 0.15) is 38.6 Å². The van der Waals surface area contributed by atoms with Gasteiger partial charge in [0.05, 0.1) is 29.4 Å². The fraction of sp³-hybridized carbons (Fsp3) is 0.280. The van der Waals surface area contributed by atoms with Crippen LogP contribution in [0, 0.1) is 0 Å². The number of ketones is 1. The smallest absolute Gasteiger partial charge is 0.270 e. The molecular formula is C25H24N2O3S2. The second-order valence-corrected chi connectivity index (χ2v) is 9.96. The number of amides is 1. The quantitative estimate of drug-likeness (QED) is 0.325. The Kier molecular flexibility index (Phi) is 6.21. The van der Waals surface area contributed by atoms with Crippen molar-refractivity contribution in [2.24, 2.45) is 0 Å². The molecule has 5 nitrogen and oxygen atoms in total. The van der Waals surface area contributed by atoms with Gasteiger partial charge < -0.3 is 14.2 Å². The lowest BCUT2D eigenvalue weighted by Gasteiger charge is -2.25. The highest BCUT2D eigenvalue weighted by Gasteiger charge is 2.27. The van der Waals surface area contributed by atoms with Gasteiger partial charge in [-0.25, -0.2) is 0 Å². The summed E-state index contributed by atoms with van der Waals surface area (Å²) >= 11 is 3.23. The highest BCUT2D eigenvalue weighted by atomic mass is 32.1. The van der Waals surface area contributed by atoms with Crippen molar-refractivity contribution >= 4 is 44.6 Å². The molecule has 1 atom stereocenters. The number of carbonyl (C=O) groups is 2. The maximum atomic E-state index is 13.8. The number of Topliss-reactive ketones (excluding diaryl/α,β-unsaturated/α-hetero) is 1. The van der Waals surface area contributed by atoms with Crippen molar-refractivity contribution in [2.75, 3.05) is 13.2 Å². The second kappa shape index (κ2) is 9.40. The maximum Gasteiger partial charge on any atom is 0.270 e. The van der Waals surface area contributed by atoms with Crippen LogP contribution in [-0.2, 0) is 17.8 Å². The number of ether oxygens (including phenoxy) is 1. The molecule has 0 unspecified atom stereocenters. The van der Waals surface area contributed by atoms with Crippen LogP contribution >= 0.6 is 22.7 Å². The summed E-state index contributed by atoms with van der Waals surface area (Å²) in [7, 11) is 0. The molecule has 4 heterocycles. The number of thiophene rings is 2. The molecule has 0 radical (unpaired) electrons. The van der Waals surface area contributed by atoms with Crippen molar-refractivity contribution in [3.8, 4) is 0 Å². The third kappa shape index (κ3) is 4.41. The molecule has 32 heavy (non-hydrogen) atoms. The van der Waals surface area contributed by atoms with Crippen LogP contribution in [0.25, 0.3) is 10.2 Å². The van der Waals surface area contributed by atoms with E-state index >= 15 is 0 Å². The van der Waals surface area contributed by atoms with Crippen LogP contribution in [-0.4, -0.2) is 40.4 Å². The third-order valence-corrected chi connectivity index (χ3v) is 7.52. The average molecular weight is 465 g/mol. The predicted molar refractivity (Wildman–Crippen MR) is 129 cm³/mol. The van der Waals surface area contributed by atoms with E-state index in [-0.39, 0.29) is 24.3 Å². The van der Waals surface area contributed by atoms with E-state index in [0.717, 1.165) is 34.5 Å². The minimum atomic E-state index is -0.0573. The summed E-state index contributed by atoms with van der Waals surface area (Å²) in [4.78, 5) is 29.8. The largest absolute Gasteiger partial charge is 0.376 e. The first-order chi connectivity index (χ1) is 15.7. The molecule has 1 fully saturated rings. The second-order valence-electron chi connectivity index (χ2n) is 7.98. The van der Waals surface area contributed by atoms with E-state index in [1.807, 2.05) is 68.8 Å². The van der Waals surface area contributed by atoms with Crippen molar-refractivity contribution in [1.82, 2.24) is 9.47 Å². The molecule has 0 N–H and O–H groups in total. The first-order valence-corrected chi connectivity index (χ1v) is 12.5. The van der Waals surface area contributed by atoms with Crippen LogP contribution in [0.5, 0.6) is 0 Å². The predicted octanol–water partition coefficient (Wildman–Crippen LogP) is 5.47. The summed E-state index contributed by atoms with van der Waals surface area (Å²) in [5, 5.41) is 4.03. The number of aromatic nitrogens is 1. The van der Waals surface area contributed by atoms with E-state index < -0.39 is 0 Å². The molecule has 4 aromatic rings. The molecule has 0 bridgehead atoms. The van der Waals surface area contributed by atoms with Gasteiger partial charge in [0.25, 0.3) is 5.91 Å². The van der Waals surface area contributed by atoms with Gasteiger partial charge in [-0.15, -0.1) is 22.7 Å². The van der Waals surface area contributed by atoms with Gasteiger partial charge in [0.1, 0.15) is 5.69 Å². The summed E-state index contributed by atoms with van der Waals surface area (Å²) < 4.78 is 8.73. The van der Waals surface area contributed by atoms with Gasteiger partial charge in [0.15, 0.2) is 5.78 Å². The van der Waals surface area contributed by atoms with E-state index in [1.165, 1.54) is 0 Å². The van der Waals surface area contributed by atoms with Gasteiger partial charge in [-0.1, -0.05) is 36.4 Å². The Morgan fingerprint density at radius 3 is 2.69 bits per heavy atom. The van der Waals surface area contributed by atoms with E-state index in [1.54, 1.807) is 22.7 Å². The number of benzene rings is 1. The lowest BCUT2D eigenvalue weighted by atomic mass is 10.1. The molecule has 5 rings (SSSR count). The van der Waals surface area contributed by atoms with Crippen molar-refractivity contribution in [2.45, 2.75) is 32.0 Å². The SMILES string of the molecule is O=C(Cn1c(C(=O)N(Cc2cccs2)C[C@H]2CCCO2)cc2sccc21)c1ccccc1. The average Bonchev–Trinajstić information content (AvgIpc) is 3.61. The van der Waals surface area contributed by atoms with Crippen molar-refractivity contribution < 1.29 is 14.3 Å². The van der Waals surface area contributed by atoms with Gasteiger partial charge in [-0.2, -0.15) is 0 Å². The lowest BCUT2D eigenvalue weighted by molar-refractivity contribution is 0.0502. The van der Waals surface area contributed by atoms with Gasteiger partial charge >= 0.3 is 0 Å². The van der Waals surface area contributed by atoms with E-state index in [0.29, 0.717) is 24.3 Å². The van der Waals surface area contributed by atoms with E-state index in [9.17, 15) is 9.59 Å². The zero-order chi connectivity index (χ0) is 21.9. The third-order valence-electron chi connectivity index (χ3n) is 5.80. The van der Waals surface area contributed by atoms with E-state index in [2.05, 4.69) is 6.07 Å². The Labute approximate surface area is 194 Å². The molecule has 164 valence electrons. The number of nitrogens with zero attached hydrogens (tertiary/aromatic N) is 2. The first-order valence-electron chi connectivity index (χ1n) is 10.8. The zero-order valence-electron chi connectivity index (χ0n) is 17.6. The molecule has 0 spiro atoms. The summed E-state index contributed by atoms with van der Waals surface area (Å²) in [5.74, 6) is -0.0644. The lowest BCUT2D eigenvalue weighted by Crippen LogP contribution is -2.38. The van der Waals surface area contributed by atoms with Crippen molar-refractivity contribution in [3.05, 3.63) is 81.5 Å². The Morgan fingerprint density at radius 1 is 1.06 bits per heavy atom. The molecule has 0 saturated carbocycles. The zero-order valence-corrected chi connectivity index (χ0v) is 19.2. The monoisotopic (exact) mass is 464 g/mol. The molecular weight excluding hydrogens is 440 g/mol. The molecule has 1 aromatic carbocycles. The number of rotatable bonds is 8. The Bertz CT molecular complexity index is 1200. The van der Waals surface area contributed by atoms with E-state index in [4.69, 9.17) is 4.74 Å². The van der Waals surface area contributed by atoms with Gasteiger partial charge in [-0.3, -0.25) is 9.59 Å². The molecule has 0 aliphatic carbocycles.